The van der Waals surface area contributed by atoms with Gasteiger partial charge in [-0.3, -0.25) is 9.68 Å². The van der Waals surface area contributed by atoms with E-state index in [2.05, 4.69) is 5.32 Å². The number of rotatable bonds is 7. The smallest absolute Gasteiger partial charge is 0.416 e. The van der Waals surface area contributed by atoms with Crippen LogP contribution in [0, 0.1) is 0 Å². The molecular weight excluding hydrogens is 463 g/mol. The van der Waals surface area contributed by atoms with Crippen molar-refractivity contribution in [3.05, 3.63) is 95.1 Å². The molecule has 6 nitrogen and oxygen atoms in total. The molecule has 4 rings (SSSR count). The molecule has 9 heteroatoms. The summed E-state index contributed by atoms with van der Waals surface area (Å²) >= 11 is 0. The van der Waals surface area contributed by atoms with Crippen molar-refractivity contribution < 1.29 is 37.3 Å². The van der Waals surface area contributed by atoms with E-state index in [0.29, 0.717) is 36.3 Å². The minimum absolute atomic E-state index is 0.250. The molecule has 0 spiro atoms. The molecule has 35 heavy (non-hydrogen) atoms. The van der Waals surface area contributed by atoms with E-state index in [4.69, 9.17) is 14.5 Å². The molecule has 1 aliphatic rings. The van der Waals surface area contributed by atoms with Crippen LogP contribution in [-0.2, 0) is 22.3 Å². The highest BCUT2D eigenvalue weighted by Crippen LogP contribution is 2.34. The molecule has 1 amide bonds. The van der Waals surface area contributed by atoms with Crippen LogP contribution >= 0.6 is 0 Å². The maximum Gasteiger partial charge on any atom is 0.416 e. The summed E-state index contributed by atoms with van der Waals surface area (Å²) in [7, 11) is 0. The molecule has 0 fully saturated rings. The van der Waals surface area contributed by atoms with E-state index in [-0.39, 0.29) is 18.2 Å². The van der Waals surface area contributed by atoms with E-state index in [1.54, 1.807) is 6.07 Å². The first kappa shape index (κ1) is 24.1. The van der Waals surface area contributed by atoms with Gasteiger partial charge in [0.25, 0.3) is 5.91 Å². The summed E-state index contributed by atoms with van der Waals surface area (Å²) in [6, 6.07) is 18.1. The van der Waals surface area contributed by atoms with Crippen molar-refractivity contribution in [2.75, 3.05) is 13.2 Å². The lowest BCUT2D eigenvalue weighted by Crippen LogP contribution is -2.25. The van der Waals surface area contributed by atoms with Crippen molar-refractivity contribution in [2.24, 2.45) is 0 Å². The summed E-state index contributed by atoms with van der Waals surface area (Å²) in [5.74, 6) is -0.478. The Kier molecular flexibility index (Phi) is 7.24. The van der Waals surface area contributed by atoms with Gasteiger partial charge in [-0.15, -0.1) is 0 Å². The number of ether oxygens (including phenoxy) is 1. The van der Waals surface area contributed by atoms with Crippen LogP contribution in [0.4, 0.5) is 13.2 Å². The third kappa shape index (κ3) is 6.11. The van der Waals surface area contributed by atoms with Crippen LogP contribution in [0.25, 0.3) is 0 Å². The second kappa shape index (κ2) is 10.5. The average Bonchev–Trinajstić information content (AvgIpc) is 2.87. The number of carbonyl (C=O) groups is 2. The maximum atomic E-state index is 12.6. The van der Waals surface area contributed by atoms with E-state index in [9.17, 15) is 22.8 Å². The van der Waals surface area contributed by atoms with Crippen LogP contribution in [0.1, 0.15) is 39.4 Å². The molecule has 0 saturated carbocycles. The Morgan fingerprint density at radius 2 is 1.69 bits per heavy atom. The van der Waals surface area contributed by atoms with Crippen molar-refractivity contribution in [2.45, 2.75) is 24.9 Å². The summed E-state index contributed by atoms with van der Waals surface area (Å²) in [6.07, 6.45) is -3.52. The number of para-hydroxylation sites is 1. The molecule has 182 valence electrons. The highest BCUT2D eigenvalue weighted by Gasteiger charge is 2.30. The van der Waals surface area contributed by atoms with Gasteiger partial charge in [0, 0.05) is 17.7 Å². The van der Waals surface area contributed by atoms with Crippen LogP contribution < -0.4 is 14.9 Å². The van der Waals surface area contributed by atoms with Crippen molar-refractivity contribution in [1.82, 2.24) is 5.32 Å². The fourth-order valence-corrected chi connectivity index (χ4v) is 3.68. The number of benzene rings is 3. The first-order valence-corrected chi connectivity index (χ1v) is 11.0. The number of hydrogen-bond acceptors (Lipinski definition) is 5. The van der Waals surface area contributed by atoms with Crippen molar-refractivity contribution in [3.8, 4) is 11.5 Å². The van der Waals surface area contributed by atoms with Crippen LogP contribution in [0.5, 0.6) is 11.5 Å². The monoisotopic (exact) mass is 485 g/mol. The number of fused-ring (bicyclic) bond motifs is 1. The number of nitrogens with one attached hydrogen (secondary N) is 1. The zero-order valence-electron chi connectivity index (χ0n) is 18.5. The molecule has 1 unspecified atom stereocenters. The molecule has 1 aliphatic heterocycles. The fraction of sp³-hybridized carbons (Fsp3) is 0.231. The minimum atomic E-state index is -4.38. The van der Waals surface area contributed by atoms with Crippen LogP contribution in [-0.4, -0.2) is 25.0 Å². The zero-order chi connectivity index (χ0) is 24.8. The van der Waals surface area contributed by atoms with Crippen molar-refractivity contribution >= 4 is 11.9 Å². The standard InChI is InChI=1S/C26H22F3NO5/c27-26(28,29)19-9-5-17(6-10-19)13-15-30-24(31)18-7-11-20(12-8-18)34-35-25(32)22-14-16-33-23-4-2-1-3-21(22)23/h1-12,22H,13-16H2,(H,30,31). The molecular formula is C26H22F3NO5. The Bertz CT molecular complexity index is 1180. The largest absolute Gasteiger partial charge is 0.493 e. The van der Waals surface area contributed by atoms with E-state index in [1.165, 1.54) is 36.4 Å². The lowest BCUT2D eigenvalue weighted by molar-refractivity contribution is -0.216. The van der Waals surface area contributed by atoms with Crippen LogP contribution in [0.3, 0.4) is 0 Å². The Labute approximate surface area is 199 Å². The molecule has 3 aromatic rings. The first-order valence-electron chi connectivity index (χ1n) is 11.0. The Hall–Kier alpha value is -4.01. The highest BCUT2D eigenvalue weighted by atomic mass is 19.4. The molecule has 0 radical (unpaired) electrons. The van der Waals surface area contributed by atoms with Crippen molar-refractivity contribution in [3.63, 3.8) is 0 Å². The van der Waals surface area contributed by atoms with Gasteiger partial charge in [-0.05, 0) is 60.9 Å². The summed E-state index contributed by atoms with van der Waals surface area (Å²) in [6.45, 7) is 0.659. The molecule has 1 atom stereocenters. The predicted octanol–water partition coefficient (Wildman–Crippen LogP) is 5.08. The topological polar surface area (TPSA) is 73.9 Å². The number of carbonyl (C=O) groups excluding carboxylic acids is 2. The lowest BCUT2D eigenvalue weighted by atomic mass is 9.93. The van der Waals surface area contributed by atoms with Gasteiger partial charge in [0.15, 0.2) is 5.75 Å². The van der Waals surface area contributed by atoms with E-state index < -0.39 is 23.6 Å². The summed E-state index contributed by atoms with van der Waals surface area (Å²) in [4.78, 5) is 35.0. The van der Waals surface area contributed by atoms with Gasteiger partial charge >= 0.3 is 12.1 Å². The number of amides is 1. The maximum absolute atomic E-state index is 12.6. The molecule has 3 aromatic carbocycles. The van der Waals surface area contributed by atoms with Gasteiger partial charge < -0.3 is 10.1 Å². The zero-order valence-corrected chi connectivity index (χ0v) is 18.5. The normalized spacial score (nSPS) is 14.9. The lowest BCUT2D eigenvalue weighted by Gasteiger charge is -2.23. The number of alkyl halides is 3. The molecule has 0 aromatic heterocycles. The van der Waals surface area contributed by atoms with E-state index >= 15 is 0 Å². The van der Waals surface area contributed by atoms with Gasteiger partial charge in [0.1, 0.15) is 5.75 Å². The third-order valence-electron chi connectivity index (χ3n) is 5.56. The van der Waals surface area contributed by atoms with E-state index in [1.807, 2.05) is 18.2 Å². The minimum Gasteiger partial charge on any atom is -0.493 e. The molecule has 1 heterocycles. The van der Waals surface area contributed by atoms with Gasteiger partial charge in [-0.1, -0.05) is 30.3 Å². The SMILES string of the molecule is O=C(NCCc1ccc(C(F)(F)F)cc1)c1ccc(OOC(=O)C2CCOc3ccccc32)cc1. The van der Waals surface area contributed by atoms with Crippen molar-refractivity contribution in [1.29, 1.82) is 0 Å². The van der Waals surface area contributed by atoms with Crippen LogP contribution in [0.2, 0.25) is 0 Å². The van der Waals surface area contributed by atoms with Gasteiger partial charge in [0.05, 0.1) is 18.1 Å². The first-order chi connectivity index (χ1) is 16.8. The second-order valence-corrected chi connectivity index (χ2v) is 7.94. The Morgan fingerprint density at radius 3 is 2.40 bits per heavy atom. The number of halogens is 3. The third-order valence-corrected chi connectivity index (χ3v) is 5.56. The summed E-state index contributed by atoms with van der Waals surface area (Å²) in [5, 5.41) is 2.72. The fourth-order valence-electron chi connectivity index (χ4n) is 3.68. The van der Waals surface area contributed by atoms with Gasteiger partial charge in [-0.25, -0.2) is 9.68 Å². The molecule has 1 N–H and O–H groups in total. The quantitative estimate of drug-likeness (QED) is 0.373. The highest BCUT2D eigenvalue weighted by molar-refractivity contribution is 5.94. The van der Waals surface area contributed by atoms with Gasteiger partial charge in [0.2, 0.25) is 0 Å². The number of hydrogen-bond donors (Lipinski definition) is 1. The van der Waals surface area contributed by atoms with Gasteiger partial charge in [-0.2, -0.15) is 13.2 Å². The summed E-state index contributed by atoms with van der Waals surface area (Å²) < 4.78 is 43.4. The van der Waals surface area contributed by atoms with E-state index in [0.717, 1.165) is 17.7 Å². The Balaban J connectivity index is 1.24. The predicted molar refractivity (Wildman–Crippen MR) is 120 cm³/mol. The van der Waals surface area contributed by atoms with Crippen LogP contribution in [0.15, 0.2) is 72.8 Å². The molecule has 0 aliphatic carbocycles. The molecule has 0 saturated heterocycles. The molecule has 0 bridgehead atoms. The Morgan fingerprint density at radius 1 is 0.971 bits per heavy atom. The summed E-state index contributed by atoms with van der Waals surface area (Å²) in [5.41, 5.74) is 1.07. The average molecular weight is 485 g/mol. The second-order valence-electron chi connectivity index (χ2n) is 7.94.